The highest BCUT2D eigenvalue weighted by Gasteiger charge is 2.24. The number of hydrogen-bond donors (Lipinski definition) is 4. The number of H-pyrrole nitrogens is 1. The van der Waals surface area contributed by atoms with E-state index in [9.17, 15) is 18.8 Å². The van der Waals surface area contributed by atoms with Crippen LogP contribution < -0.4 is 16.0 Å². The highest BCUT2D eigenvalue weighted by molar-refractivity contribution is 6.45. The molecule has 35 heavy (non-hydrogen) atoms. The molecule has 13 nitrogen and oxygen atoms in total. The molecule has 180 valence electrons. The van der Waals surface area contributed by atoms with E-state index >= 15 is 0 Å². The van der Waals surface area contributed by atoms with E-state index in [-0.39, 0.29) is 35.4 Å². The number of aromatic nitrogens is 6. The number of para-hydroxylation sites is 1. The van der Waals surface area contributed by atoms with Crippen molar-refractivity contribution in [3.05, 3.63) is 54.1 Å². The van der Waals surface area contributed by atoms with Crippen LogP contribution in [0.4, 0.5) is 21.0 Å². The second kappa shape index (κ2) is 9.94. The third-order valence-corrected chi connectivity index (χ3v) is 4.91. The van der Waals surface area contributed by atoms with Crippen LogP contribution in [0.1, 0.15) is 10.4 Å². The Morgan fingerprint density at radius 3 is 2.66 bits per heavy atom. The molecule has 0 aliphatic heterocycles. The summed E-state index contributed by atoms with van der Waals surface area (Å²) in [6, 6.07) is 8.72. The summed E-state index contributed by atoms with van der Waals surface area (Å²) in [6.07, 6.45) is 2.08. The van der Waals surface area contributed by atoms with Gasteiger partial charge in [0.25, 0.3) is 11.7 Å². The number of urea groups is 1. The van der Waals surface area contributed by atoms with Gasteiger partial charge in [-0.05, 0) is 22.6 Å². The maximum Gasteiger partial charge on any atom is 0.322 e. The van der Waals surface area contributed by atoms with E-state index in [1.165, 1.54) is 29.9 Å². The molecule has 0 fully saturated rings. The van der Waals surface area contributed by atoms with Gasteiger partial charge in [0.05, 0.1) is 28.4 Å². The molecule has 3 amide bonds. The lowest BCUT2D eigenvalue weighted by molar-refractivity contribution is -0.116. The molecule has 0 aliphatic carbocycles. The first-order valence-corrected chi connectivity index (χ1v) is 10.4. The largest absolute Gasteiger partial charge is 0.357 e. The van der Waals surface area contributed by atoms with Crippen LogP contribution in [0.15, 0.2) is 42.7 Å². The Balaban J connectivity index is 1.40. The van der Waals surface area contributed by atoms with Crippen LogP contribution in [0.3, 0.4) is 0 Å². The average molecular weight is 480 g/mol. The van der Waals surface area contributed by atoms with E-state index in [2.05, 4.69) is 41.4 Å². The number of rotatable bonds is 8. The normalized spacial score (nSPS) is 10.7. The second-order valence-electron chi connectivity index (χ2n) is 7.49. The van der Waals surface area contributed by atoms with Gasteiger partial charge in [0, 0.05) is 33.4 Å². The number of tetrazole rings is 1. The Kier molecular flexibility index (Phi) is 6.62. The molecule has 14 heteroatoms. The lowest BCUT2D eigenvalue weighted by Crippen LogP contribution is -2.34. The molecule has 0 atom stereocenters. The first-order valence-electron chi connectivity index (χ1n) is 10.4. The Labute approximate surface area is 197 Å². The van der Waals surface area contributed by atoms with E-state index in [4.69, 9.17) is 0 Å². The topological polar surface area (TPSA) is 163 Å². The molecule has 3 heterocycles. The third kappa shape index (κ3) is 4.90. The number of ketones is 1. The molecule has 0 bridgehead atoms. The minimum absolute atomic E-state index is 0.0277. The van der Waals surface area contributed by atoms with Gasteiger partial charge in [-0.25, -0.2) is 14.2 Å². The van der Waals surface area contributed by atoms with E-state index in [1.807, 2.05) is 30.3 Å². The summed E-state index contributed by atoms with van der Waals surface area (Å²) < 4.78 is 16.0. The van der Waals surface area contributed by atoms with Crippen LogP contribution in [-0.4, -0.2) is 80.0 Å². The van der Waals surface area contributed by atoms with Gasteiger partial charge in [-0.15, -0.1) is 0 Å². The fourth-order valence-corrected chi connectivity index (χ4v) is 3.19. The number of carbonyl (C=O) groups excluding carboxylic acids is 3. The lowest BCUT2D eigenvalue weighted by Gasteiger charge is -2.12. The van der Waals surface area contributed by atoms with Crippen molar-refractivity contribution in [1.29, 1.82) is 0 Å². The van der Waals surface area contributed by atoms with Crippen molar-refractivity contribution in [2.75, 3.05) is 37.8 Å². The van der Waals surface area contributed by atoms with Crippen molar-refractivity contribution < 1.29 is 18.8 Å². The number of amides is 3. The molecule has 3 aromatic heterocycles. The summed E-state index contributed by atoms with van der Waals surface area (Å²) in [7, 11) is 3.06. The summed E-state index contributed by atoms with van der Waals surface area (Å²) in [5.41, 5.74) is 0.653. The quantitative estimate of drug-likeness (QED) is 0.166. The van der Waals surface area contributed by atoms with Crippen molar-refractivity contribution in [2.24, 2.45) is 0 Å². The van der Waals surface area contributed by atoms with Crippen molar-refractivity contribution in [3.63, 3.8) is 0 Å². The summed E-state index contributed by atoms with van der Waals surface area (Å²) in [6.45, 7) is 0.294. The lowest BCUT2D eigenvalue weighted by atomic mass is 10.1. The van der Waals surface area contributed by atoms with E-state index in [1.54, 1.807) is 0 Å². The van der Waals surface area contributed by atoms with E-state index in [0.717, 1.165) is 11.9 Å². The van der Waals surface area contributed by atoms with Gasteiger partial charge in [-0.2, -0.15) is 4.68 Å². The summed E-state index contributed by atoms with van der Waals surface area (Å²) in [4.78, 5) is 44.9. The minimum Gasteiger partial charge on any atom is -0.357 e. The SMILES string of the molecule is CN(C)C(=O)Nc1ncc(F)c2c(C(=O)C(=O)NCCNc3nnnn3-c3ccccc3)c[nH]c12. The molecule has 0 spiro atoms. The molecular weight excluding hydrogens is 459 g/mol. The van der Waals surface area contributed by atoms with Gasteiger partial charge in [0.15, 0.2) is 11.6 Å². The van der Waals surface area contributed by atoms with Crippen LogP contribution in [0, 0.1) is 5.82 Å². The Morgan fingerprint density at radius 1 is 1.14 bits per heavy atom. The molecule has 0 aliphatic rings. The summed E-state index contributed by atoms with van der Waals surface area (Å²) >= 11 is 0. The minimum atomic E-state index is -0.944. The molecule has 0 saturated carbocycles. The zero-order chi connectivity index (χ0) is 24.9. The van der Waals surface area contributed by atoms with Crippen molar-refractivity contribution in [1.82, 2.24) is 40.4 Å². The Morgan fingerprint density at radius 2 is 1.91 bits per heavy atom. The molecule has 4 N–H and O–H groups in total. The summed E-state index contributed by atoms with van der Waals surface area (Å²) in [5.74, 6) is -2.30. The van der Waals surface area contributed by atoms with Gasteiger partial charge in [-0.1, -0.05) is 23.3 Å². The van der Waals surface area contributed by atoms with Crippen molar-refractivity contribution in [2.45, 2.75) is 0 Å². The fraction of sp³-hybridized carbons (Fsp3) is 0.190. The van der Waals surface area contributed by atoms with Crippen LogP contribution in [0.2, 0.25) is 0 Å². The monoisotopic (exact) mass is 480 g/mol. The first kappa shape index (κ1) is 23.3. The average Bonchev–Trinajstić information content (AvgIpc) is 3.51. The number of Topliss-reactive ketones (excluding diaryl/α,β-unsaturated/α-hetero) is 1. The number of halogens is 1. The zero-order valence-electron chi connectivity index (χ0n) is 18.7. The number of nitrogens with zero attached hydrogens (tertiary/aromatic N) is 6. The first-order chi connectivity index (χ1) is 16.9. The molecule has 0 saturated heterocycles. The zero-order valence-corrected chi connectivity index (χ0v) is 18.7. The van der Waals surface area contributed by atoms with Gasteiger partial charge in [-0.3, -0.25) is 14.9 Å². The predicted octanol–water partition coefficient (Wildman–Crippen LogP) is 1.18. The van der Waals surface area contributed by atoms with Crippen LogP contribution in [-0.2, 0) is 4.79 Å². The molecule has 0 unspecified atom stereocenters. The molecule has 1 aromatic carbocycles. The number of hydrogen-bond acceptors (Lipinski definition) is 8. The highest BCUT2D eigenvalue weighted by atomic mass is 19.1. The Bertz CT molecular complexity index is 1380. The maximum atomic E-state index is 14.5. The van der Waals surface area contributed by atoms with Crippen LogP contribution >= 0.6 is 0 Å². The van der Waals surface area contributed by atoms with Gasteiger partial charge >= 0.3 is 6.03 Å². The smallest absolute Gasteiger partial charge is 0.322 e. The predicted molar refractivity (Wildman–Crippen MR) is 124 cm³/mol. The number of carbonyl (C=O) groups is 3. The number of benzene rings is 1. The molecule has 0 radical (unpaired) electrons. The van der Waals surface area contributed by atoms with Gasteiger partial charge in [0.2, 0.25) is 5.95 Å². The van der Waals surface area contributed by atoms with Gasteiger partial charge in [0.1, 0.15) is 0 Å². The number of nitrogens with one attached hydrogen (secondary N) is 4. The second-order valence-corrected chi connectivity index (χ2v) is 7.49. The number of aromatic amines is 1. The maximum absolute atomic E-state index is 14.5. The molecule has 4 rings (SSSR count). The van der Waals surface area contributed by atoms with E-state index in [0.29, 0.717) is 5.95 Å². The van der Waals surface area contributed by atoms with Gasteiger partial charge < -0.3 is 20.5 Å². The van der Waals surface area contributed by atoms with Crippen molar-refractivity contribution >= 4 is 40.4 Å². The molecule has 4 aromatic rings. The van der Waals surface area contributed by atoms with Crippen molar-refractivity contribution in [3.8, 4) is 5.69 Å². The highest BCUT2D eigenvalue weighted by Crippen LogP contribution is 2.27. The fourth-order valence-electron chi connectivity index (χ4n) is 3.19. The number of pyridine rings is 1. The number of anilines is 2. The molecular formula is C21H21FN10O3. The standard InChI is InChI=1S/C21H21FN10O3/c1-31(2)21(35)27-18-16-15(14(22)11-26-18)13(10-25-16)17(33)19(34)23-8-9-24-20-28-29-30-32(20)12-6-4-3-5-7-12/h3-7,10-11,25H,8-9H2,1-2H3,(H,23,34)(H,24,28,30)(H,26,27,35). The number of fused-ring (bicyclic) bond motifs is 1. The Hall–Kier alpha value is -4.88. The summed E-state index contributed by atoms with van der Waals surface area (Å²) in [5, 5.41) is 19.3. The van der Waals surface area contributed by atoms with Crippen LogP contribution in [0.25, 0.3) is 16.6 Å². The van der Waals surface area contributed by atoms with Crippen LogP contribution in [0.5, 0.6) is 0 Å². The van der Waals surface area contributed by atoms with E-state index < -0.39 is 23.5 Å². The third-order valence-electron chi connectivity index (χ3n) is 4.91.